The van der Waals surface area contributed by atoms with E-state index >= 15 is 0 Å². The van der Waals surface area contributed by atoms with Crippen LogP contribution in [0.25, 0.3) is 0 Å². The summed E-state index contributed by atoms with van der Waals surface area (Å²) in [6.07, 6.45) is 5.57. The van der Waals surface area contributed by atoms with Crippen LogP contribution < -0.4 is 20.2 Å². The molecule has 1 heterocycles. The van der Waals surface area contributed by atoms with E-state index in [1.165, 1.54) is 16.7 Å². The van der Waals surface area contributed by atoms with Crippen LogP contribution in [0.5, 0.6) is 11.5 Å². The van der Waals surface area contributed by atoms with Gasteiger partial charge >= 0.3 is 0 Å². The van der Waals surface area contributed by atoms with Crippen molar-refractivity contribution < 1.29 is 14.3 Å². The van der Waals surface area contributed by atoms with Crippen molar-refractivity contribution in [3.63, 3.8) is 0 Å². The summed E-state index contributed by atoms with van der Waals surface area (Å²) in [5.41, 5.74) is 10.5. The highest BCUT2D eigenvalue weighted by molar-refractivity contribution is 7.99. The van der Waals surface area contributed by atoms with Crippen LogP contribution in [0, 0.1) is 12.8 Å². The normalized spacial score (nSPS) is 19.6. The van der Waals surface area contributed by atoms with E-state index in [4.69, 9.17) is 9.47 Å². The number of fused-ring (bicyclic) bond motifs is 3. The Morgan fingerprint density at radius 1 is 1.08 bits per heavy atom. The topological polar surface area (TPSA) is 72.0 Å². The maximum absolute atomic E-state index is 12.4. The van der Waals surface area contributed by atoms with Crippen molar-refractivity contribution in [2.24, 2.45) is 11.0 Å². The third-order valence-electron chi connectivity index (χ3n) is 7.65. The number of para-hydroxylation sites is 1. The van der Waals surface area contributed by atoms with Crippen LogP contribution in [-0.2, 0) is 10.5 Å². The smallest absolute Gasteiger partial charge is 0.250 e. The second-order valence-electron chi connectivity index (χ2n) is 10.0. The number of anilines is 1. The Morgan fingerprint density at radius 2 is 1.92 bits per heavy atom. The van der Waals surface area contributed by atoms with Gasteiger partial charge in [0.15, 0.2) is 11.5 Å². The number of benzene rings is 3. The van der Waals surface area contributed by atoms with Crippen molar-refractivity contribution in [3.8, 4) is 11.5 Å². The number of carbonyl (C=O) groups excluding carboxylic acids is 1. The molecule has 0 aromatic heterocycles. The van der Waals surface area contributed by atoms with Gasteiger partial charge in [-0.05, 0) is 66.6 Å². The highest BCUT2D eigenvalue weighted by atomic mass is 32.2. The Kier molecular flexibility index (Phi) is 8.27. The van der Waals surface area contributed by atoms with Crippen molar-refractivity contribution >= 4 is 29.1 Å². The quantitative estimate of drug-likeness (QED) is 0.181. The Hall–Kier alpha value is -3.71. The van der Waals surface area contributed by atoms with Gasteiger partial charge in [-0.25, -0.2) is 5.43 Å². The number of carbonyl (C=O) groups is 1. The molecule has 3 aromatic carbocycles. The number of hydrogen-bond acceptors (Lipinski definition) is 6. The molecule has 5 rings (SSSR count). The molecule has 2 N–H and O–H groups in total. The van der Waals surface area contributed by atoms with Gasteiger partial charge in [0.2, 0.25) is 5.91 Å². The molecule has 1 aliphatic carbocycles. The fourth-order valence-corrected chi connectivity index (χ4v) is 6.45. The number of thioether (sulfide) groups is 1. The molecular weight excluding hydrogens is 506 g/mol. The molecule has 0 saturated carbocycles. The predicted octanol–water partition coefficient (Wildman–Crippen LogP) is 6.61. The Bertz CT molecular complexity index is 1420. The Balaban J connectivity index is 1.29. The van der Waals surface area contributed by atoms with E-state index in [0.29, 0.717) is 11.7 Å². The molecule has 1 aliphatic heterocycles. The first kappa shape index (κ1) is 26.9. The molecule has 0 radical (unpaired) electrons. The Morgan fingerprint density at radius 3 is 2.72 bits per heavy atom. The predicted molar refractivity (Wildman–Crippen MR) is 160 cm³/mol. The average molecular weight is 542 g/mol. The summed E-state index contributed by atoms with van der Waals surface area (Å²) < 4.78 is 11.3. The van der Waals surface area contributed by atoms with E-state index in [2.05, 4.69) is 71.3 Å². The number of nitrogens with one attached hydrogen (secondary N) is 2. The molecule has 39 heavy (non-hydrogen) atoms. The lowest BCUT2D eigenvalue weighted by molar-refractivity contribution is -0.118. The van der Waals surface area contributed by atoms with E-state index < -0.39 is 0 Å². The number of aryl methyl sites for hydroxylation is 1. The van der Waals surface area contributed by atoms with Crippen molar-refractivity contribution in [1.29, 1.82) is 0 Å². The third kappa shape index (κ3) is 5.69. The minimum atomic E-state index is -0.0959. The average Bonchev–Trinajstić information content (AvgIpc) is 3.46. The minimum Gasteiger partial charge on any atom is -0.493 e. The van der Waals surface area contributed by atoms with Gasteiger partial charge < -0.3 is 14.8 Å². The summed E-state index contributed by atoms with van der Waals surface area (Å²) in [5.74, 6) is 3.23. The van der Waals surface area contributed by atoms with Crippen LogP contribution in [-0.4, -0.2) is 31.6 Å². The van der Waals surface area contributed by atoms with E-state index in [-0.39, 0.29) is 17.9 Å². The highest BCUT2D eigenvalue weighted by Crippen LogP contribution is 2.52. The maximum Gasteiger partial charge on any atom is 0.250 e. The first-order valence-electron chi connectivity index (χ1n) is 13.2. The van der Waals surface area contributed by atoms with E-state index in [0.717, 1.165) is 46.2 Å². The lowest BCUT2D eigenvalue weighted by Crippen LogP contribution is -2.29. The number of rotatable bonds is 9. The molecule has 0 unspecified atom stereocenters. The van der Waals surface area contributed by atoms with Crippen LogP contribution in [0.15, 0.2) is 77.9 Å². The molecule has 0 saturated heterocycles. The first-order chi connectivity index (χ1) is 19.0. The first-order valence-corrected chi connectivity index (χ1v) is 14.4. The van der Waals surface area contributed by atoms with Crippen LogP contribution in [0.4, 0.5) is 5.69 Å². The van der Waals surface area contributed by atoms with E-state index in [9.17, 15) is 4.79 Å². The number of amides is 1. The Labute approximate surface area is 234 Å². The number of hydrogen-bond donors (Lipinski definition) is 2. The molecule has 0 bridgehead atoms. The second-order valence-corrected chi connectivity index (χ2v) is 11.0. The molecule has 3 atom stereocenters. The SMILES string of the molecule is COc1cccc([C@@H]2Nc3ccc(/C(C)=N\NC(=O)CSCc4ccccc4C)cc3[C@@H]3C=CC[C@@H]32)c1OC. The zero-order valence-corrected chi connectivity index (χ0v) is 23.7. The van der Waals surface area contributed by atoms with Crippen molar-refractivity contribution in [2.45, 2.75) is 38.0 Å². The molecule has 0 fully saturated rings. The largest absolute Gasteiger partial charge is 0.493 e. The second kappa shape index (κ2) is 12.0. The summed E-state index contributed by atoms with van der Waals surface area (Å²) in [5, 5.41) is 8.19. The molecule has 7 heteroatoms. The summed E-state index contributed by atoms with van der Waals surface area (Å²) in [6.45, 7) is 4.03. The van der Waals surface area contributed by atoms with E-state index in [1.54, 1.807) is 26.0 Å². The fourth-order valence-electron chi connectivity index (χ4n) is 5.55. The van der Waals surface area contributed by atoms with Gasteiger partial charge in [0.05, 0.1) is 31.7 Å². The number of ether oxygens (including phenoxy) is 2. The number of nitrogens with zero attached hydrogens (tertiary/aromatic N) is 1. The van der Waals surface area contributed by atoms with Gasteiger partial charge in [-0.15, -0.1) is 11.8 Å². The number of hydrazone groups is 1. The van der Waals surface area contributed by atoms with Crippen LogP contribution >= 0.6 is 11.8 Å². The third-order valence-corrected chi connectivity index (χ3v) is 8.63. The lowest BCUT2D eigenvalue weighted by Gasteiger charge is -2.38. The van der Waals surface area contributed by atoms with Gasteiger partial charge in [0.1, 0.15) is 0 Å². The summed E-state index contributed by atoms with van der Waals surface area (Å²) in [6, 6.07) is 20.8. The molecular formula is C32H35N3O3S. The van der Waals surface area contributed by atoms with Gasteiger partial charge in [0, 0.05) is 22.9 Å². The summed E-state index contributed by atoms with van der Waals surface area (Å²) >= 11 is 1.59. The molecule has 2 aliphatic rings. The van der Waals surface area contributed by atoms with Crippen molar-refractivity contribution in [1.82, 2.24) is 5.43 Å². The van der Waals surface area contributed by atoms with Crippen molar-refractivity contribution in [3.05, 3.63) is 101 Å². The van der Waals surface area contributed by atoms with Crippen molar-refractivity contribution in [2.75, 3.05) is 25.3 Å². The number of methoxy groups -OCH3 is 2. The van der Waals surface area contributed by atoms with E-state index in [1.807, 2.05) is 31.2 Å². The van der Waals surface area contributed by atoms with Crippen LogP contribution in [0.1, 0.15) is 53.1 Å². The molecule has 3 aromatic rings. The molecule has 202 valence electrons. The highest BCUT2D eigenvalue weighted by Gasteiger charge is 2.39. The van der Waals surface area contributed by atoms with Gasteiger partial charge in [-0.2, -0.15) is 5.10 Å². The van der Waals surface area contributed by atoms with Crippen LogP contribution in [0.3, 0.4) is 0 Å². The molecule has 1 amide bonds. The standard InChI is InChI=1S/C32H35N3O3S/c1-20-9-5-6-10-23(20)18-39-19-30(36)35-34-21(2)22-15-16-28-27(17-22)24-11-7-12-25(24)31(33-28)26-13-8-14-29(37-3)32(26)38-4/h5-11,13-17,24-25,31,33H,12,18-19H2,1-4H3,(H,35,36)/b34-21-/t24-,25+,31-/m1/s1. The molecule has 6 nitrogen and oxygen atoms in total. The molecule has 0 spiro atoms. The van der Waals surface area contributed by atoms with Gasteiger partial charge in [-0.1, -0.05) is 54.6 Å². The van der Waals surface area contributed by atoms with Crippen LogP contribution in [0.2, 0.25) is 0 Å². The van der Waals surface area contributed by atoms with Gasteiger partial charge in [0.25, 0.3) is 0 Å². The zero-order chi connectivity index (χ0) is 27.4. The lowest BCUT2D eigenvalue weighted by atomic mass is 9.76. The van der Waals surface area contributed by atoms with Gasteiger partial charge in [-0.3, -0.25) is 4.79 Å². The maximum atomic E-state index is 12.4. The summed E-state index contributed by atoms with van der Waals surface area (Å²) in [7, 11) is 3.36. The zero-order valence-electron chi connectivity index (χ0n) is 22.9. The fraction of sp³-hybridized carbons (Fsp3) is 0.312. The number of allylic oxidation sites excluding steroid dienone is 2. The minimum absolute atomic E-state index is 0.0959. The monoisotopic (exact) mass is 541 g/mol. The summed E-state index contributed by atoms with van der Waals surface area (Å²) in [4.78, 5) is 12.4.